The maximum absolute atomic E-state index is 2.42. The van der Waals surface area contributed by atoms with Crippen LogP contribution in [-0.2, 0) is 30.8 Å². The minimum atomic E-state index is 0.614. The molecule has 0 saturated carbocycles. The van der Waals surface area contributed by atoms with E-state index in [1.54, 1.807) is 3.33 Å². The molecule has 0 fully saturated rings. The Morgan fingerprint density at radius 1 is 1.00 bits per heavy atom. The van der Waals surface area contributed by atoms with E-state index in [9.17, 15) is 0 Å². The molecule has 0 heterocycles. The standard InChI is InChI=1S/C18H17.Hf/c1-13-10-16-8-9-17(18(16)11-14(13)2)12-15-6-4-3-5-7-15;/h3-8,10-11,17H,12H2,1-2H3;. The molecule has 0 spiro atoms. The molecule has 0 aromatic heterocycles. The molecule has 1 aliphatic carbocycles. The predicted octanol–water partition coefficient (Wildman–Crippen LogP) is 4.53. The average molecular weight is 412 g/mol. The zero-order valence-corrected chi connectivity index (χ0v) is 15.0. The number of rotatable bonds is 2. The summed E-state index contributed by atoms with van der Waals surface area (Å²) in [4.78, 5) is 0. The molecule has 1 aliphatic rings. The minimum absolute atomic E-state index is 0.614. The van der Waals surface area contributed by atoms with E-state index in [1.807, 2.05) is 0 Å². The van der Waals surface area contributed by atoms with Crippen LogP contribution in [0.25, 0.3) is 6.08 Å². The van der Waals surface area contributed by atoms with E-state index < -0.39 is 0 Å². The molecule has 0 radical (unpaired) electrons. The van der Waals surface area contributed by atoms with Gasteiger partial charge in [0.25, 0.3) is 0 Å². The monoisotopic (exact) mass is 413 g/mol. The molecule has 3 rings (SSSR count). The molecular formula is C18H17Hf. The molecule has 19 heavy (non-hydrogen) atoms. The van der Waals surface area contributed by atoms with Gasteiger partial charge in [-0.15, -0.1) is 0 Å². The molecule has 1 atom stereocenters. The fourth-order valence-corrected chi connectivity index (χ4v) is 4.28. The Morgan fingerprint density at radius 2 is 1.68 bits per heavy atom. The van der Waals surface area contributed by atoms with Crippen molar-refractivity contribution in [1.29, 1.82) is 0 Å². The van der Waals surface area contributed by atoms with Crippen LogP contribution in [0.2, 0.25) is 0 Å². The summed E-state index contributed by atoms with van der Waals surface area (Å²) in [7, 11) is 0. The Labute approximate surface area is 130 Å². The second kappa shape index (κ2) is 5.20. The van der Waals surface area contributed by atoms with Gasteiger partial charge in [-0.05, 0) is 0 Å². The normalized spacial score (nSPS) is 17.1. The van der Waals surface area contributed by atoms with Gasteiger partial charge in [0.2, 0.25) is 0 Å². The van der Waals surface area contributed by atoms with Crippen molar-refractivity contribution in [2.24, 2.45) is 0 Å². The Kier molecular flexibility index (Phi) is 3.58. The van der Waals surface area contributed by atoms with Gasteiger partial charge in [0.1, 0.15) is 0 Å². The molecule has 93 valence electrons. The molecule has 0 amide bonds. The number of benzene rings is 2. The number of hydrogen-bond acceptors (Lipinski definition) is 0. The topological polar surface area (TPSA) is 0 Å². The van der Waals surface area contributed by atoms with Crippen LogP contribution in [0.5, 0.6) is 0 Å². The first kappa shape index (κ1) is 13.1. The van der Waals surface area contributed by atoms with Crippen molar-refractivity contribution in [3.8, 4) is 0 Å². The van der Waals surface area contributed by atoms with Gasteiger partial charge in [0.05, 0.1) is 0 Å². The summed E-state index contributed by atoms with van der Waals surface area (Å²) in [6.45, 7) is 4.43. The number of allylic oxidation sites excluding steroid dienone is 1. The van der Waals surface area contributed by atoms with Gasteiger partial charge in [-0.1, -0.05) is 0 Å². The summed E-state index contributed by atoms with van der Waals surface area (Å²) >= 11 is 1.16. The molecule has 0 aliphatic heterocycles. The molecule has 0 N–H and O–H groups in total. The zero-order chi connectivity index (χ0) is 13.4. The summed E-state index contributed by atoms with van der Waals surface area (Å²) in [6.07, 6.45) is 3.56. The van der Waals surface area contributed by atoms with Gasteiger partial charge in [0, 0.05) is 0 Å². The summed E-state index contributed by atoms with van der Waals surface area (Å²) in [5.74, 6) is 0.614. The van der Waals surface area contributed by atoms with Crippen LogP contribution < -0.4 is 0 Å². The summed E-state index contributed by atoms with van der Waals surface area (Å²) in [6, 6.07) is 15.6. The van der Waals surface area contributed by atoms with Crippen molar-refractivity contribution in [3.63, 3.8) is 0 Å². The van der Waals surface area contributed by atoms with Crippen molar-refractivity contribution in [3.05, 3.63) is 73.6 Å². The fraction of sp³-hybridized carbons (Fsp3) is 0.222. The van der Waals surface area contributed by atoms with E-state index in [4.69, 9.17) is 0 Å². The second-order valence-corrected chi connectivity index (χ2v) is 7.48. The van der Waals surface area contributed by atoms with Crippen LogP contribution >= 0.6 is 0 Å². The Hall–Kier alpha value is -0.950. The van der Waals surface area contributed by atoms with Crippen LogP contribution in [0.3, 0.4) is 0 Å². The van der Waals surface area contributed by atoms with Gasteiger partial charge in [0.15, 0.2) is 0 Å². The van der Waals surface area contributed by atoms with Crippen LogP contribution in [0.4, 0.5) is 0 Å². The quantitative estimate of drug-likeness (QED) is 0.637. The van der Waals surface area contributed by atoms with E-state index in [2.05, 4.69) is 62.4 Å². The number of hydrogen-bond donors (Lipinski definition) is 0. The predicted molar refractivity (Wildman–Crippen MR) is 76.8 cm³/mol. The third-order valence-corrected chi connectivity index (χ3v) is 5.81. The Bertz CT molecular complexity index is 638. The first-order valence-electron chi connectivity index (χ1n) is 6.73. The molecular weight excluding hydrogens is 395 g/mol. The van der Waals surface area contributed by atoms with Crippen LogP contribution in [0, 0.1) is 13.8 Å². The molecule has 1 unspecified atom stereocenters. The van der Waals surface area contributed by atoms with Gasteiger partial charge < -0.3 is 0 Å². The van der Waals surface area contributed by atoms with Gasteiger partial charge in [-0.25, -0.2) is 0 Å². The Morgan fingerprint density at radius 3 is 2.42 bits per heavy atom. The van der Waals surface area contributed by atoms with Crippen molar-refractivity contribution in [2.75, 3.05) is 0 Å². The molecule has 0 nitrogen and oxygen atoms in total. The van der Waals surface area contributed by atoms with Gasteiger partial charge in [-0.2, -0.15) is 0 Å². The SMILES string of the molecule is Cc1cc2c(cc1C)C(Cc1ccccc1)[C]([Hf])=C2. The first-order chi connectivity index (χ1) is 9.15. The molecule has 2 aromatic rings. The van der Waals surface area contributed by atoms with Crippen LogP contribution in [-0.4, -0.2) is 0 Å². The zero-order valence-electron chi connectivity index (χ0n) is 11.4. The number of fused-ring (bicyclic) bond motifs is 1. The molecule has 0 bridgehead atoms. The first-order valence-corrected chi connectivity index (χ1v) is 8.53. The summed E-state index contributed by atoms with van der Waals surface area (Å²) < 4.78 is 1.63. The van der Waals surface area contributed by atoms with Crippen molar-refractivity contribution >= 4 is 6.08 Å². The fourth-order valence-electron chi connectivity index (χ4n) is 2.79. The van der Waals surface area contributed by atoms with Crippen molar-refractivity contribution in [2.45, 2.75) is 26.2 Å². The van der Waals surface area contributed by atoms with Crippen LogP contribution in [0.15, 0.2) is 45.8 Å². The van der Waals surface area contributed by atoms with E-state index in [0.29, 0.717) is 5.92 Å². The van der Waals surface area contributed by atoms with E-state index in [-0.39, 0.29) is 0 Å². The number of aryl methyl sites for hydroxylation is 2. The average Bonchev–Trinajstić information content (AvgIpc) is 2.68. The van der Waals surface area contributed by atoms with Crippen molar-refractivity contribution in [1.82, 2.24) is 0 Å². The molecule has 2 aromatic carbocycles. The Balaban J connectivity index is 1.97. The summed E-state index contributed by atoms with van der Waals surface area (Å²) in [5.41, 5.74) is 7.26. The third-order valence-electron chi connectivity index (χ3n) is 4.04. The van der Waals surface area contributed by atoms with E-state index in [0.717, 1.165) is 30.8 Å². The third kappa shape index (κ3) is 2.53. The summed E-state index contributed by atoms with van der Waals surface area (Å²) in [5, 5.41) is 0. The van der Waals surface area contributed by atoms with E-state index in [1.165, 1.54) is 27.8 Å². The van der Waals surface area contributed by atoms with Gasteiger partial charge in [-0.3, -0.25) is 0 Å². The van der Waals surface area contributed by atoms with Gasteiger partial charge >= 0.3 is 130 Å². The van der Waals surface area contributed by atoms with E-state index >= 15 is 0 Å². The molecule has 0 saturated heterocycles. The van der Waals surface area contributed by atoms with Crippen molar-refractivity contribution < 1.29 is 24.4 Å². The maximum atomic E-state index is 2.42. The molecule has 1 heteroatoms. The second-order valence-electron chi connectivity index (χ2n) is 5.41. The van der Waals surface area contributed by atoms with Crippen LogP contribution in [0.1, 0.15) is 33.7 Å².